The average molecular weight is 520 g/mol. The smallest absolute Gasteiger partial charge is 0.326 e. The Morgan fingerprint density at radius 1 is 0.784 bits per heavy atom. The normalized spacial score (nSPS) is 12.5. The zero-order valence-corrected chi connectivity index (χ0v) is 23.0. The molecule has 1 unspecified atom stereocenters. The molecule has 1 atom stereocenters. The number of hydrogen-bond donors (Lipinski definition) is 1. The van der Waals surface area contributed by atoms with Crippen LogP contribution in [0.4, 0.5) is 0 Å². The highest BCUT2D eigenvalue weighted by Gasteiger charge is 2.27. The predicted octanol–water partition coefficient (Wildman–Crippen LogP) is 6.83. The Bertz CT molecular complexity index is 1240. The molecule has 37 heavy (non-hydrogen) atoms. The minimum atomic E-state index is -1.17. The molecule has 0 aliphatic carbocycles. The van der Waals surface area contributed by atoms with Gasteiger partial charge in [-0.25, -0.2) is 0 Å². The van der Waals surface area contributed by atoms with Gasteiger partial charge in [-0.15, -0.1) is 0 Å². The zero-order valence-electron chi connectivity index (χ0n) is 22.2. The van der Waals surface area contributed by atoms with Gasteiger partial charge in [0.25, 0.3) is 5.91 Å². The SMILES string of the molecule is CC(C)(C)c1cc(C(=O)NCC(=O)OC(C(=O)c2ccccc2)c2ccc(Cl)cc2)cc(C(C)(C)C)c1. The number of benzene rings is 3. The summed E-state index contributed by atoms with van der Waals surface area (Å²) in [5.41, 5.74) is 3.13. The van der Waals surface area contributed by atoms with Crippen LogP contribution in [-0.2, 0) is 20.4 Å². The van der Waals surface area contributed by atoms with Gasteiger partial charge in [-0.2, -0.15) is 0 Å². The molecule has 3 aromatic rings. The first-order valence-corrected chi connectivity index (χ1v) is 12.6. The lowest BCUT2D eigenvalue weighted by atomic mass is 9.79. The Morgan fingerprint density at radius 2 is 1.32 bits per heavy atom. The van der Waals surface area contributed by atoms with Crippen molar-refractivity contribution in [2.24, 2.45) is 0 Å². The summed E-state index contributed by atoms with van der Waals surface area (Å²) in [6.07, 6.45) is -1.17. The van der Waals surface area contributed by atoms with E-state index in [4.69, 9.17) is 16.3 Å². The second kappa shape index (κ2) is 11.3. The summed E-state index contributed by atoms with van der Waals surface area (Å²) in [7, 11) is 0. The summed E-state index contributed by atoms with van der Waals surface area (Å²) in [6.45, 7) is 12.2. The van der Waals surface area contributed by atoms with Crippen molar-refractivity contribution in [2.75, 3.05) is 6.54 Å². The quantitative estimate of drug-likeness (QED) is 0.274. The summed E-state index contributed by atoms with van der Waals surface area (Å²) in [5.74, 6) is -1.47. The third kappa shape index (κ3) is 7.53. The second-order valence-electron chi connectivity index (χ2n) is 11.1. The van der Waals surface area contributed by atoms with Crippen LogP contribution in [0.25, 0.3) is 0 Å². The summed E-state index contributed by atoms with van der Waals surface area (Å²) in [5, 5.41) is 3.16. The number of carbonyl (C=O) groups excluding carboxylic acids is 3. The molecular weight excluding hydrogens is 486 g/mol. The van der Waals surface area contributed by atoms with Gasteiger partial charge in [0.15, 0.2) is 6.10 Å². The van der Waals surface area contributed by atoms with Gasteiger partial charge in [0, 0.05) is 21.7 Å². The Hall–Kier alpha value is -3.44. The van der Waals surface area contributed by atoms with E-state index in [9.17, 15) is 14.4 Å². The Kier molecular flexibility index (Phi) is 8.60. The van der Waals surface area contributed by atoms with Gasteiger partial charge in [-0.1, -0.05) is 102 Å². The number of nitrogens with one attached hydrogen (secondary N) is 1. The van der Waals surface area contributed by atoms with Crippen molar-refractivity contribution in [3.8, 4) is 0 Å². The molecule has 0 heterocycles. The van der Waals surface area contributed by atoms with Gasteiger partial charge in [0.05, 0.1) is 0 Å². The Balaban J connectivity index is 1.78. The molecule has 0 spiro atoms. The van der Waals surface area contributed by atoms with E-state index in [1.807, 2.05) is 12.1 Å². The van der Waals surface area contributed by atoms with Gasteiger partial charge in [-0.05, 0) is 46.2 Å². The van der Waals surface area contributed by atoms with E-state index in [1.54, 1.807) is 54.6 Å². The molecule has 3 aromatic carbocycles. The van der Waals surface area contributed by atoms with Crippen molar-refractivity contribution >= 4 is 29.3 Å². The molecule has 0 saturated heterocycles. The topological polar surface area (TPSA) is 72.5 Å². The fourth-order valence-electron chi connectivity index (χ4n) is 3.72. The highest BCUT2D eigenvalue weighted by Crippen LogP contribution is 2.30. The van der Waals surface area contributed by atoms with Gasteiger partial charge in [-0.3, -0.25) is 14.4 Å². The number of ketones is 1. The molecule has 194 valence electrons. The number of carbonyl (C=O) groups is 3. The largest absolute Gasteiger partial charge is 0.448 e. The summed E-state index contributed by atoms with van der Waals surface area (Å²) in [6, 6.07) is 21.0. The Labute approximate surface area is 224 Å². The molecular formula is C31H34ClNO4. The van der Waals surface area contributed by atoms with Crippen LogP contribution in [0.1, 0.15) is 85.1 Å². The molecule has 6 heteroatoms. The van der Waals surface area contributed by atoms with E-state index in [0.29, 0.717) is 21.7 Å². The third-order valence-corrected chi connectivity index (χ3v) is 6.29. The predicted molar refractivity (Wildman–Crippen MR) is 147 cm³/mol. The fraction of sp³-hybridized carbons (Fsp3) is 0.323. The zero-order chi connectivity index (χ0) is 27.4. The summed E-state index contributed by atoms with van der Waals surface area (Å²) < 4.78 is 5.59. The lowest BCUT2D eigenvalue weighted by Gasteiger charge is -2.26. The van der Waals surface area contributed by atoms with Crippen molar-refractivity contribution in [2.45, 2.75) is 58.5 Å². The first kappa shape index (κ1) is 28.1. The van der Waals surface area contributed by atoms with Crippen LogP contribution in [0.5, 0.6) is 0 Å². The lowest BCUT2D eigenvalue weighted by molar-refractivity contribution is -0.146. The number of esters is 1. The standard InChI is InChI=1S/C31H34ClNO4/c1-30(2,3)23-16-22(17-24(18-23)31(4,5)6)29(36)33-19-26(34)37-28(21-12-14-25(32)15-13-21)27(35)20-10-8-7-9-11-20/h7-18,28H,19H2,1-6H3,(H,33,36). The maximum absolute atomic E-state index is 13.2. The first-order valence-electron chi connectivity index (χ1n) is 12.2. The third-order valence-electron chi connectivity index (χ3n) is 6.04. The fourth-order valence-corrected chi connectivity index (χ4v) is 3.84. The maximum Gasteiger partial charge on any atom is 0.326 e. The highest BCUT2D eigenvalue weighted by atomic mass is 35.5. The molecule has 3 rings (SSSR count). The van der Waals surface area contributed by atoms with Gasteiger partial charge < -0.3 is 10.1 Å². The van der Waals surface area contributed by atoms with Crippen molar-refractivity contribution in [3.05, 3.63) is 106 Å². The van der Waals surface area contributed by atoms with Crippen LogP contribution in [0.15, 0.2) is 72.8 Å². The second-order valence-corrected chi connectivity index (χ2v) is 11.6. The van der Waals surface area contributed by atoms with Crippen LogP contribution >= 0.6 is 11.6 Å². The number of Topliss-reactive ketones (excluding diaryl/α,β-unsaturated/α-hetero) is 1. The molecule has 1 amide bonds. The lowest BCUT2D eigenvalue weighted by Crippen LogP contribution is -2.33. The molecule has 0 fully saturated rings. The molecule has 0 bridgehead atoms. The molecule has 0 saturated carbocycles. The van der Waals surface area contributed by atoms with Crippen molar-refractivity contribution in [1.82, 2.24) is 5.32 Å². The van der Waals surface area contributed by atoms with Crippen molar-refractivity contribution in [3.63, 3.8) is 0 Å². The number of amides is 1. The van der Waals surface area contributed by atoms with Crippen LogP contribution in [0.2, 0.25) is 5.02 Å². The van der Waals surface area contributed by atoms with Crippen LogP contribution in [0.3, 0.4) is 0 Å². The van der Waals surface area contributed by atoms with E-state index in [2.05, 4.69) is 52.9 Å². The molecule has 0 aliphatic rings. The number of ether oxygens (including phenoxy) is 1. The monoisotopic (exact) mass is 519 g/mol. The highest BCUT2D eigenvalue weighted by molar-refractivity contribution is 6.30. The van der Waals surface area contributed by atoms with E-state index in [0.717, 1.165) is 11.1 Å². The van der Waals surface area contributed by atoms with Crippen LogP contribution < -0.4 is 5.32 Å². The van der Waals surface area contributed by atoms with Crippen molar-refractivity contribution in [1.29, 1.82) is 0 Å². The number of hydrogen-bond acceptors (Lipinski definition) is 4. The van der Waals surface area contributed by atoms with E-state index in [-0.39, 0.29) is 29.1 Å². The van der Waals surface area contributed by atoms with Crippen LogP contribution in [-0.4, -0.2) is 24.2 Å². The molecule has 0 radical (unpaired) electrons. The minimum absolute atomic E-state index is 0.154. The van der Waals surface area contributed by atoms with Gasteiger partial charge >= 0.3 is 5.97 Å². The molecule has 0 aromatic heterocycles. The molecule has 0 aliphatic heterocycles. The van der Waals surface area contributed by atoms with Crippen LogP contribution in [0, 0.1) is 0 Å². The van der Waals surface area contributed by atoms with Gasteiger partial charge in [0.1, 0.15) is 6.54 Å². The van der Waals surface area contributed by atoms with Gasteiger partial charge in [0.2, 0.25) is 5.78 Å². The number of halogens is 1. The van der Waals surface area contributed by atoms with E-state index >= 15 is 0 Å². The molecule has 5 nitrogen and oxygen atoms in total. The first-order chi connectivity index (χ1) is 17.3. The van der Waals surface area contributed by atoms with Crippen molar-refractivity contribution < 1.29 is 19.1 Å². The minimum Gasteiger partial charge on any atom is -0.448 e. The maximum atomic E-state index is 13.2. The number of rotatable bonds is 7. The summed E-state index contributed by atoms with van der Waals surface area (Å²) >= 11 is 6.00. The molecule has 1 N–H and O–H groups in total. The Morgan fingerprint density at radius 3 is 1.84 bits per heavy atom. The average Bonchev–Trinajstić information content (AvgIpc) is 2.85. The van der Waals surface area contributed by atoms with E-state index in [1.165, 1.54) is 0 Å². The van der Waals surface area contributed by atoms with E-state index < -0.39 is 12.1 Å². The summed E-state index contributed by atoms with van der Waals surface area (Å²) in [4.78, 5) is 39.0.